The van der Waals surface area contributed by atoms with Gasteiger partial charge in [0, 0.05) is 29.6 Å². The first-order valence-electron chi connectivity index (χ1n) is 9.71. The van der Waals surface area contributed by atoms with Crippen LogP contribution in [0.15, 0.2) is 61.0 Å². The van der Waals surface area contributed by atoms with E-state index in [2.05, 4.69) is 21.5 Å². The number of aryl methyl sites for hydroxylation is 1. The molecule has 3 unspecified atom stereocenters. The van der Waals surface area contributed by atoms with E-state index in [0.29, 0.717) is 23.0 Å². The summed E-state index contributed by atoms with van der Waals surface area (Å²) in [4.78, 5) is 11.5. The summed E-state index contributed by atoms with van der Waals surface area (Å²) < 4.78 is 51.1. The number of rotatable bonds is 5. The average molecular weight is 425 g/mol. The number of aromatic amines is 1. The first-order valence-corrected chi connectivity index (χ1v) is 9.71. The monoisotopic (exact) mass is 425 g/mol. The molecule has 0 amide bonds. The Morgan fingerprint density at radius 1 is 1.16 bits per heavy atom. The van der Waals surface area contributed by atoms with E-state index in [9.17, 15) is 13.2 Å². The van der Waals surface area contributed by atoms with Crippen molar-refractivity contribution in [3.05, 3.63) is 83.7 Å². The first kappa shape index (κ1) is 19.4. The van der Waals surface area contributed by atoms with Gasteiger partial charge in [0.25, 0.3) is 0 Å². The predicted octanol–water partition coefficient (Wildman–Crippen LogP) is 5.68. The Balaban J connectivity index is 1.39. The number of aromatic nitrogens is 3. The van der Waals surface area contributed by atoms with Crippen LogP contribution in [-0.2, 0) is 0 Å². The van der Waals surface area contributed by atoms with Gasteiger partial charge in [0.15, 0.2) is 0 Å². The number of pyridine rings is 1. The van der Waals surface area contributed by atoms with Gasteiger partial charge >= 0.3 is 6.18 Å². The van der Waals surface area contributed by atoms with Crippen molar-refractivity contribution >= 4 is 6.08 Å². The zero-order chi connectivity index (χ0) is 21.8. The largest absolute Gasteiger partial charge is 0.489 e. The Labute approximate surface area is 176 Å². The Morgan fingerprint density at radius 2 is 1.94 bits per heavy atom. The van der Waals surface area contributed by atoms with Crippen LogP contribution < -0.4 is 9.47 Å². The van der Waals surface area contributed by atoms with Crippen LogP contribution in [0, 0.1) is 6.92 Å². The number of hydrogen-bond donors (Lipinski definition) is 1. The van der Waals surface area contributed by atoms with Crippen LogP contribution in [0.2, 0.25) is 0 Å². The van der Waals surface area contributed by atoms with Crippen LogP contribution in [0.25, 0.3) is 6.08 Å². The number of H-pyrrole nitrogens is 1. The summed E-state index contributed by atoms with van der Waals surface area (Å²) in [5.41, 5.74) is 1.000. The lowest BCUT2D eigenvalue weighted by Gasteiger charge is -2.10. The maximum absolute atomic E-state index is 13.0. The minimum atomic E-state index is -4.48. The summed E-state index contributed by atoms with van der Waals surface area (Å²) in [7, 11) is 0. The van der Waals surface area contributed by atoms with Gasteiger partial charge in [-0.1, -0.05) is 12.7 Å². The molecular formula is C23H18F3N3O2. The van der Waals surface area contributed by atoms with Crippen LogP contribution in [0.1, 0.15) is 34.6 Å². The van der Waals surface area contributed by atoms with Crippen molar-refractivity contribution in [1.82, 2.24) is 15.0 Å². The van der Waals surface area contributed by atoms with Gasteiger partial charge in [-0.2, -0.15) is 13.2 Å². The van der Waals surface area contributed by atoms with Gasteiger partial charge < -0.3 is 14.5 Å². The molecule has 1 N–H and O–H groups in total. The minimum absolute atomic E-state index is 0.0393. The number of alkyl halides is 3. The zero-order valence-corrected chi connectivity index (χ0v) is 16.5. The molecule has 1 saturated carbocycles. The molecule has 2 aliphatic rings. The highest BCUT2D eigenvalue weighted by Gasteiger charge is 2.61. The van der Waals surface area contributed by atoms with E-state index < -0.39 is 11.7 Å². The summed E-state index contributed by atoms with van der Waals surface area (Å²) in [6.07, 6.45) is 0.548. The van der Waals surface area contributed by atoms with Gasteiger partial charge in [0.05, 0.1) is 17.2 Å². The van der Waals surface area contributed by atoms with Gasteiger partial charge in [0.1, 0.15) is 29.2 Å². The minimum Gasteiger partial charge on any atom is -0.489 e. The van der Waals surface area contributed by atoms with Crippen molar-refractivity contribution in [3.63, 3.8) is 0 Å². The van der Waals surface area contributed by atoms with Crippen molar-refractivity contribution in [3.8, 4) is 17.2 Å². The molecular weight excluding hydrogens is 407 g/mol. The van der Waals surface area contributed by atoms with E-state index in [-0.39, 0.29) is 23.6 Å². The number of halogens is 3. The Kier molecular flexibility index (Phi) is 4.39. The van der Waals surface area contributed by atoms with Crippen molar-refractivity contribution in [2.75, 3.05) is 0 Å². The van der Waals surface area contributed by atoms with Crippen molar-refractivity contribution in [2.24, 2.45) is 0 Å². The first-order chi connectivity index (χ1) is 14.8. The number of fused-ring (bicyclic) bond motifs is 3. The molecule has 1 aromatic carbocycles. The standard InChI is InChI=1S/C23H18F3N3O2/c1-3-13(23(24,25)26)10-17-12(2)28-22(29-17)20-19-16-11-15(4-5-18(16)31-21(19)20)30-14-6-8-27-9-7-14/h3-11,19-21H,1H2,2H3,(H,28,29)/b13-10+. The third-order valence-corrected chi connectivity index (χ3v) is 5.54. The van der Waals surface area contributed by atoms with Gasteiger partial charge in [-0.05, 0) is 43.3 Å². The number of imidazole rings is 1. The molecule has 0 bridgehead atoms. The Morgan fingerprint density at radius 3 is 2.65 bits per heavy atom. The van der Waals surface area contributed by atoms with E-state index >= 15 is 0 Å². The quantitative estimate of drug-likeness (QED) is 0.535. The van der Waals surface area contributed by atoms with Gasteiger partial charge in [-0.15, -0.1) is 0 Å². The molecule has 5 nitrogen and oxygen atoms in total. The fraction of sp³-hybridized carbons (Fsp3) is 0.217. The maximum atomic E-state index is 13.0. The van der Waals surface area contributed by atoms with Crippen LogP contribution in [0.5, 0.6) is 17.2 Å². The van der Waals surface area contributed by atoms with Crippen molar-refractivity contribution in [1.29, 1.82) is 0 Å². The van der Waals surface area contributed by atoms with Crippen molar-refractivity contribution < 1.29 is 22.6 Å². The van der Waals surface area contributed by atoms with E-state index in [4.69, 9.17) is 9.47 Å². The number of nitrogens with zero attached hydrogens (tertiary/aromatic N) is 2. The summed E-state index contributed by atoms with van der Waals surface area (Å²) in [6.45, 7) is 4.96. The van der Waals surface area contributed by atoms with E-state index in [0.717, 1.165) is 23.5 Å². The second kappa shape index (κ2) is 7.01. The molecule has 8 heteroatoms. The fourth-order valence-electron chi connectivity index (χ4n) is 3.97. The van der Waals surface area contributed by atoms with Crippen LogP contribution in [0.3, 0.4) is 0 Å². The second-order valence-electron chi connectivity index (χ2n) is 7.55. The molecule has 31 heavy (non-hydrogen) atoms. The molecule has 1 fully saturated rings. The lowest BCUT2D eigenvalue weighted by atomic mass is 10.1. The third-order valence-electron chi connectivity index (χ3n) is 5.54. The Hall–Kier alpha value is -3.55. The molecule has 0 saturated heterocycles. The summed E-state index contributed by atoms with van der Waals surface area (Å²) >= 11 is 0. The van der Waals surface area contributed by atoms with Gasteiger partial charge in [-0.3, -0.25) is 4.98 Å². The molecule has 3 aromatic rings. The third kappa shape index (κ3) is 3.48. The molecule has 3 heterocycles. The summed E-state index contributed by atoms with van der Waals surface area (Å²) in [5, 5.41) is 0. The molecule has 0 spiro atoms. The lowest BCUT2D eigenvalue weighted by molar-refractivity contribution is -0.0872. The van der Waals surface area contributed by atoms with Crippen LogP contribution in [-0.4, -0.2) is 27.2 Å². The number of benzene rings is 1. The predicted molar refractivity (Wildman–Crippen MR) is 108 cm³/mol. The zero-order valence-electron chi connectivity index (χ0n) is 16.5. The molecule has 2 aromatic heterocycles. The molecule has 5 rings (SSSR count). The smallest absolute Gasteiger partial charge is 0.416 e. The fourth-order valence-corrected chi connectivity index (χ4v) is 3.97. The Bertz CT molecular complexity index is 1180. The van der Waals surface area contributed by atoms with E-state index in [1.807, 2.05) is 18.2 Å². The maximum Gasteiger partial charge on any atom is 0.416 e. The molecule has 1 aliphatic carbocycles. The van der Waals surface area contributed by atoms with Crippen LogP contribution >= 0.6 is 0 Å². The average Bonchev–Trinajstić information content (AvgIpc) is 3.13. The molecule has 1 aliphatic heterocycles. The van der Waals surface area contributed by atoms with E-state index in [1.54, 1.807) is 31.5 Å². The van der Waals surface area contributed by atoms with Gasteiger partial charge in [0.2, 0.25) is 0 Å². The topological polar surface area (TPSA) is 60.0 Å². The molecule has 158 valence electrons. The van der Waals surface area contributed by atoms with Gasteiger partial charge in [-0.25, -0.2) is 4.98 Å². The highest BCUT2D eigenvalue weighted by molar-refractivity contribution is 5.58. The second-order valence-corrected chi connectivity index (χ2v) is 7.55. The summed E-state index contributed by atoms with van der Waals surface area (Å²) in [5.74, 6) is 2.82. The summed E-state index contributed by atoms with van der Waals surface area (Å²) in [6, 6.07) is 9.19. The molecule has 0 radical (unpaired) electrons. The lowest BCUT2D eigenvalue weighted by Crippen LogP contribution is -2.09. The van der Waals surface area contributed by atoms with Crippen molar-refractivity contribution in [2.45, 2.75) is 31.0 Å². The van der Waals surface area contributed by atoms with Crippen LogP contribution in [0.4, 0.5) is 13.2 Å². The highest BCUT2D eigenvalue weighted by Crippen LogP contribution is 2.63. The molecule has 3 atom stereocenters. The number of allylic oxidation sites excluding steroid dienone is 2. The van der Waals surface area contributed by atoms with E-state index in [1.165, 1.54) is 0 Å². The number of nitrogens with one attached hydrogen (secondary N) is 1. The normalized spacial score (nSPS) is 21.8. The SMILES string of the molecule is C=C/C(=C\c1nc(C2C3Oc4ccc(Oc5ccncc5)cc4C32)[nH]c1C)C(F)(F)F. The number of ether oxygens (including phenoxy) is 2. The number of hydrogen-bond acceptors (Lipinski definition) is 4. The highest BCUT2D eigenvalue weighted by atomic mass is 19.4.